The summed E-state index contributed by atoms with van der Waals surface area (Å²) in [6.07, 6.45) is 1.97. The van der Waals surface area contributed by atoms with E-state index in [1.807, 2.05) is 13.8 Å². The number of nitrogens with one attached hydrogen (secondary N) is 2. The van der Waals surface area contributed by atoms with E-state index in [4.69, 9.17) is 11.6 Å². The van der Waals surface area contributed by atoms with E-state index in [-0.39, 0.29) is 28.6 Å². The summed E-state index contributed by atoms with van der Waals surface area (Å²) in [5.74, 6) is -1.34. The van der Waals surface area contributed by atoms with Crippen LogP contribution in [-0.2, 0) is 18.3 Å². The van der Waals surface area contributed by atoms with Gasteiger partial charge in [-0.2, -0.15) is 5.10 Å². The topological polar surface area (TPSA) is 76.0 Å². The van der Waals surface area contributed by atoms with Gasteiger partial charge < -0.3 is 10.6 Å². The number of nitrogens with zero attached hydrogens (tertiary/aromatic N) is 2. The van der Waals surface area contributed by atoms with Gasteiger partial charge >= 0.3 is 0 Å². The lowest BCUT2D eigenvalue weighted by Gasteiger charge is -2.11. The van der Waals surface area contributed by atoms with Crippen molar-refractivity contribution >= 4 is 34.8 Å². The SMILES string of the molecule is Cc1ccc(C(=O)Nc2ccc(Cl)cc2F)cc1NC(=O)Cc1cn(C)nc1C. The molecule has 2 N–H and O–H groups in total. The minimum absolute atomic E-state index is 0.0256. The lowest BCUT2D eigenvalue weighted by atomic mass is 10.1. The molecular weight excluding hydrogens is 395 g/mol. The Morgan fingerprint density at radius 1 is 1.10 bits per heavy atom. The second-order valence-corrected chi connectivity index (χ2v) is 7.18. The number of anilines is 2. The van der Waals surface area contributed by atoms with Gasteiger partial charge in [-0.15, -0.1) is 0 Å². The molecule has 0 aliphatic carbocycles. The first-order valence-corrected chi connectivity index (χ1v) is 9.27. The number of hydrogen-bond donors (Lipinski definition) is 2. The maximum Gasteiger partial charge on any atom is 0.255 e. The first-order chi connectivity index (χ1) is 13.7. The number of aromatic nitrogens is 2. The van der Waals surface area contributed by atoms with Crippen molar-refractivity contribution in [1.29, 1.82) is 0 Å². The molecule has 0 unspecified atom stereocenters. The van der Waals surface area contributed by atoms with E-state index in [2.05, 4.69) is 15.7 Å². The molecule has 0 aliphatic heterocycles. The highest BCUT2D eigenvalue weighted by molar-refractivity contribution is 6.30. The molecule has 0 radical (unpaired) electrons. The van der Waals surface area contributed by atoms with Gasteiger partial charge in [0.15, 0.2) is 0 Å². The second-order valence-electron chi connectivity index (χ2n) is 6.75. The first-order valence-electron chi connectivity index (χ1n) is 8.89. The van der Waals surface area contributed by atoms with Crippen LogP contribution in [-0.4, -0.2) is 21.6 Å². The van der Waals surface area contributed by atoms with Crippen molar-refractivity contribution in [2.45, 2.75) is 20.3 Å². The molecule has 0 spiro atoms. The van der Waals surface area contributed by atoms with Crippen molar-refractivity contribution < 1.29 is 14.0 Å². The third kappa shape index (κ3) is 5.00. The van der Waals surface area contributed by atoms with Gasteiger partial charge in [-0.3, -0.25) is 14.3 Å². The Morgan fingerprint density at radius 3 is 2.52 bits per heavy atom. The Labute approximate surface area is 172 Å². The fraction of sp³-hybridized carbons (Fsp3) is 0.190. The molecule has 0 fully saturated rings. The molecule has 0 aliphatic rings. The van der Waals surface area contributed by atoms with E-state index in [0.717, 1.165) is 22.9 Å². The van der Waals surface area contributed by atoms with E-state index in [1.54, 1.807) is 36.1 Å². The van der Waals surface area contributed by atoms with Crippen molar-refractivity contribution in [2.75, 3.05) is 10.6 Å². The molecule has 2 amide bonds. The Bertz CT molecular complexity index is 1090. The van der Waals surface area contributed by atoms with Gasteiger partial charge in [0.05, 0.1) is 17.8 Å². The van der Waals surface area contributed by atoms with E-state index in [0.29, 0.717) is 5.69 Å². The summed E-state index contributed by atoms with van der Waals surface area (Å²) < 4.78 is 15.6. The first kappa shape index (κ1) is 20.5. The van der Waals surface area contributed by atoms with Gasteiger partial charge in [0.2, 0.25) is 5.91 Å². The highest BCUT2D eigenvalue weighted by Gasteiger charge is 2.14. The lowest BCUT2D eigenvalue weighted by Crippen LogP contribution is -2.17. The largest absolute Gasteiger partial charge is 0.326 e. The number of amides is 2. The number of rotatable bonds is 5. The number of halogens is 2. The fourth-order valence-corrected chi connectivity index (χ4v) is 3.03. The zero-order valence-corrected chi connectivity index (χ0v) is 17.0. The highest BCUT2D eigenvalue weighted by Crippen LogP contribution is 2.22. The van der Waals surface area contributed by atoms with Gasteiger partial charge in [0, 0.05) is 35.1 Å². The summed E-state index contributed by atoms with van der Waals surface area (Å²) in [5.41, 5.74) is 3.25. The maximum atomic E-state index is 13.9. The molecule has 6 nitrogen and oxygen atoms in total. The summed E-state index contributed by atoms with van der Waals surface area (Å²) >= 11 is 5.73. The minimum atomic E-state index is -0.627. The third-order valence-corrected chi connectivity index (χ3v) is 4.65. The van der Waals surface area contributed by atoms with E-state index >= 15 is 0 Å². The number of aryl methyl sites for hydroxylation is 3. The van der Waals surface area contributed by atoms with Crippen molar-refractivity contribution in [3.05, 3.63) is 75.8 Å². The third-order valence-electron chi connectivity index (χ3n) is 4.42. The van der Waals surface area contributed by atoms with Crippen LogP contribution >= 0.6 is 11.6 Å². The van der Waals surface area contributed by atoms with E-state index in [9.17, 15) is 14.0 Å². The Hall–Kier alpha value is -3.19. The summed E-state index contributed by atoms with van der Waals surface area (Å²) in [6.45, 7) is 3.67. The normalized spacial score (nSPS) is 10.7. The Morgan fingerprint density at radius 2 is 1.86 bits per heavy atom. The van der Waals surface area contributed by atoms with Crippen LogP contribution in [0.1, 0.15) is 27.2 Å². The minimum Gasteiger partial charge on any atom is -0.326 e. The maximum absolute atomic E-state index is 13.9. The predicted octanol–water partition coefficient (Wildman–Crippen LogP) is 4.26. The predicted molar refractivity (Wildman–Crippen MR) is 111 cm³/mol. The van der Waals surface area contributed by atoms with Gasteiger partial charge in [-0.25, -0.2) is 4.39 Å². The van der Waals surface area contributed by atoms with Gasteiger partial charge in [-0.1, -0.05) is 17.7 Å². The van der Waals surface area contributed by atoms with Crippen LogP contribution in [0, 0.1) is 19.7 Å². The lowest BCUT2D eigenvalue weighted by molar-refractivity contribution is -0.115. The Balaban J connectivity index is 1.74. The fourth-order valence-electron chi connectivity index (χ4n) is 2.87. The summed E-state index contributed by atoms with van der Waals surface area (Å²) in [7, 11) is 1.80. The molecule has 0 saturated carbocycles. The second kappa shape index (κ2) is 8.45. The van der Waals surface area contributed by atoms with Crippen LogP contribution in [0.25, 0.3) is 0 Å². The number of hydrogen-bond acceptors (Lipinski definition) is 3. The van der Waals surface area contributed by atoms with Gasteiger partial charge in [-0.05, 0) is 49.7 Å². The molecular formula is C21H20ClFN4O2. The van der Waals surface area contributed by atoms with Gasteiger partial charge in [0.1, 0.15) is 5.82 Å². The molecule has 29 heavy (non-hydrogen) atoms. The van der Waals surface area contributed by atoms with Crippen LogP contribution in [0.3, 0.4) is 0 Å². The Kier molecular flexibility index (Phi) is 5.98. The molecule has 8 heteroatoms. The summed E-state index contributed by atoms with van der Waals surface area (Å²) in [5, 5.41) is 9.80. The monoisotopic (exact) mass is 414 g/mol. The molecule has 150 valence electrons. The van der Waals surface area contributed by atoms with Crippen LogP contribution in [0.2, 0.25) is 5.02 Å². The summed E-state index contributed by atoms with van der Waals surface area (Å²) in [6, 6.07) is 8.90. The summed E-state index contributed by atoms with van der Waals surface area (Å²) in [4.78, 5) is 24.9. The molecule has 0 atom stereocenters. The van der Waals surface area contributed by atoms with E-state index in [1.165, 1.54) is 12.1 Å². The quantitative estimate of drug-likeness (QED) is 0.654. The molecule has 3 rings (SSSR count). The van der Waals surface area contributed by atoms with Gasteiger partial charge in [0.25, 0.3) is 5.91 Å². The molecule has 0 saturated heterocycles. The smallest absolute Gasteiger partial charge is 0.255 e. The number of benzene rings is 2. The van der Waals surface area contributed by atoms with Crippen LogP contribution in [0.5, 0.6) is 0 Å². The van der Waals surface area contributed by atoms with Crippen LogP contribution in [0.15, 0.2) is 42.6 Å². The number of carbonyl (C=O) groups excluding carboxylic acids is 2. The van der Waals surface area contributed by atoms with Crippen molar-refractivity contribution in [1.82, 2.24) is 9.78 Å². The molecule has 0 bridgehead atoms. The molecule has 3 aromatic rings. The molecule has 1 aromatic heterocycles. The molecule has 1 heterocycles. The average molecular weight is 415 g/mol. The van der Waals surface area contributed by atoms with Crippen LogP contribution < -0.4 is 10.6 Å². The standard InChI is InChI=1S/C21H20ClFN4O2/c1-12-4-5-14(21(29)25-18-7-6-16(22)10-17(18)23)8-19(12)24-20(28)9-15-11-27(3)26-13(15)2/h4-8,10-11H,9H2,1-3H3,(H,24,28)(H,25,29). The zero-order chi connectivity index (χ0) is 21.1. The highest BCUT2D eigenvalue weighted by atomic mass is 35.5. The van der Waals surface area contributed by atoms with Crippen LogP contribution in [0.4, 0.5) is 15.8 Å². The van der Waals surface area contributed by atoms with E-state index < -0.39 is 11.7 Å². The number of carbonyl (C=O) groups is 2. The van der Waals surface area contributed by atoms with Crippen molar-refractivity contribution in [3.63, 3.8) is 0 Å². The zero-order valence-electron chi connectivity index (χ0n) is 16.2. The van der Waals surface area contributed by atoms with Crippen molar-refractivity contribution in [2.24, 2.45) is 7.05 Å². The average Bonchev–Trinajstić information content (AvgIpc) is 2.96. The van der Waals surface area contributed by atoms with Crippen molar-refractivity contribution in [3.8, 4) is 0 Å². The molecule has 2 aromatic carbocycles.